The number of rotatable bonds is 1. The van der Waals surface area contributed by atoms with Gasteiger partial charge in [-0.25, -0.2) is 5.43 Å². The van der Waals surface area contributed by atoms with Crippen molar-refractivity contribution >= 4 is 17.3 Å². The molecule has 1 aliphatic rings. The molecule has 1 saturated heterocycles. The van der Waals surface area contributed by atoms with Crippen molar-refractivity contribution in [2.45, 2.75) is 12.6 Å². The van der Waals surface area contributed by atoms with Crippen molar-refractivity contribution in [3.8, 4) is 0 Å². The van der Waals surface area contributed by atoms with E-state index in [1.807, 2.05) is 30.3 Å². The van der Waals surface area contributed by atoms with Gasteiger partial charge in [0.1, 0.15) is 5.66 Å². The van der Waals surface area contributed by atoms with Crippen LogP contribution in [0.2, 0.25) is 0 Å². The SMILES string of the molecule is CN1NC(C)(c2ccccc2)NC1=S. The highest BCUT2D eigenvalue weighted by Crippen LogP contribution is 2.21. The van der Waals surface area contributed by atoms with Gasteiger partial charge in [-0.3, -0.25) is 5.01 Å². The number of hydrazine groups is 1. The molecule has 2 rings (SSSR count). The molecule has 1 atom stereocenters. The third kappa shape index (κ3) is 1.47. The fourth-order valence-corrected chi connectivity index (χ4v) is 1.87. The Kier molecular flexibility index (Phi) is 2.17. The fourth-order valence-electron chi connectivity index (χ4n) is 1.62. The van der Waals surface area contributed by atoms with Crippen LogP contribution in [0.25, 0.3) is 0 Å². The van der Waals surface area contributed by atoms with Crippen LogP contribution in [-0.2, 0) is 5.66 Å². The molecule has 1 aromatic rings. The van der Waals surface area contributed by atoms with Crippen molar-refractivity contribution in [3.05, 3.63) is 35.9 Å². The van der Waals surface area contributed by atoms with Gasteiger partial charge in [0.15, 0.2) is 5.11 Å². The van der Waals surface area contributed by atoms with Gasteiger partial charge in [-0.1, -0.05) is 30.3 Å². The van der Waals surface area contributed by atoms with Gasteiger partial charge in [-0.2, -0.15) is 0 Å². The van der Waals surface area contributed by atoms with Gasteiger partial charge >= 0.3 is 0 Å². The maximum Gasteiger partial charge on any atom is 0.185 e. The van der Waals surface area contributed by atoms with Crippen molar-refractivity contribution in [2.75, 3.05) is 7.05 Å². The van der Waals surface area contributed by atoms with E-state index in [4.69, 9.17) is 12.2 Å². The van der Waals surface area contributed by atoms with E-state index in [2.05, 4.69) is 29.8 Å². The summed E-state index contributed by atoms with van der Waals surface area (Å²) in [7, 11) is 1.91. The van der Waals surface area contributed by atoms with Crippen molar-refractivity contribution < 1.29 is 0 Å². The first-order valence-corrected chi connectivity index (χ1v) is 4.92. The lowest BCUT2D eigenvalue weighted by molar-refractivity contribution is 0.266. The van der Waals surface area contributed by atoms with Gasteiger partial charge in [0.25, 0.3) is 0 Å². The van der Waals surface area contributed by atoms with Crippen LogP contribution in [0.15, 0.2) is 30.3 Å². The minimum absolute atomic E-state index is 0.285. The quantitative estimate of drug-likeness (QED) is 0.676. The molecule has 3 nitrogen and oxygen atoms in total. The minimum Gasteiger partial charge on any atom is -0.338 e. The third-order valence-corrected chi connectivity index (χ3v) is 2.78. The predicted molar refractivity (Wildman–Crippen MR) is 60.4 cm³/mol. The Morgan fingerprint density at radius 1 is 1.29 bits per heavy atom. The van der Waals surface area contributed by atoms with E-state index in [0.29, 0.717) is 0 Å². The summed E-state index contributed by atoms with van der Waals surface area (Å²) in [6.07, 6.45) is 0. The van der Waals surface area contributed by atoms with E-state index < -0.39 is 0 Å². The molecule has 0 amide bonds. The zero-order valence-corrected chi connectivity index (χ0v) is 9.06. The highest BCUT2D eigenvalue weighted by atomic mass is 32.1. The van der Waals surface area contributed by atoms with Gasteiger partial charge in [-0.15, -0.1) is 0 Å². The van der Waals surface area contributed by atoms with Crippen LogP contribution < -0.4 is 10.7 Å². The molecule has 0 spiro atoms. The maximum absolute atomic E-state index is 5.14. The van der Waals surface area contributed by atoms with E-state index in [1.165, 1.54) is 5.56 Å². The summed E-state index contributed by atoms with van der Waals surface area (Å²) in [6.45, 7) is 2.07. The van der Waals surface area contributed by atoms with Crippen molar-refractivity contribution in [1.29, 1.82) is 0 Å². The number of benzene rings is 1. The Bertz CT molecular complexity index is 352. The van der Waals surface area contributed by atoms with Gasteiger partial charge < -0.3 is 5.32 Å². The second-order valence-corrected chi connectivity index (χ2v) is 3.98. The molecule has 4 heteroatoms. The molecule has 74 valence electrons. The zero-order valence-electron chi connectivity index (χ0n) is 8.24. The molecule has 1 aliphatic heterocycles. The largest absolute Gasteiger partial charge is 0.338 e. The summed E-state index contributed by atoms with van der Waals surface area (Å²) in [5, 5.41) is 5.78. The number of hydrogen-bond donors (Lipinski definition) is 2. The number of nitrogens with zero attached hydrogens (tertiary/aromatic N) is 1. The van der Waals surface area contributed by atoms with Crippen LogP contribution >= 0.6 is 12.2 Å². The molecular formula is C10H13N3S. The summed E-state index contributed by atoms with van der Waals surface area (Å²) >= 11 is 5.14. The van der Waals surface area contributed by atoms with Crippen LogP contribution in [0.5, 0.6) is 0 Å². The van der Waals surface area contributed by atoms with Crippen molar-refractivity contribution in [3.63, 3.8) is 0 Å². The highest BCUT2D eigenvalue weighted by Gasteiger charge is 2.35. The standard InChI is InChI=1S/C10H13N3S/c1-10(8-6-4-3-5-7-8)11-9(14)13(2)12-10/h3-7,12H,1-2H3,(H,11,14). The van der Waals surface area contributed by atoms with Crippen LogP contribution in [0, 0.1) is 0 Å². The van der Waals surface area contributed by atoms with E-state index in [1.54, 1.807) is 0 Å². The lowest BCUT2D eigenvalue weighted by Gasteiger charge is -2.24. The van der Waals surface area contributed by atoms with E-state index >= 15 is 0 Å². The maximum atomic E-state index is 5.14. The molecule has 0 aromatic heterocycles. The van der Waals surface area contributed by atoms with Crippen LogP contribution in [0.1, 0.15) is 12.5 Å². The minimum atomic E-state index is -0.285. The second kappa shape index (κ2) is 3.22. The first-order chi connectivity index (χ1) is 6.62. The Morgan fingerprint density at radius 3 is 2.43 bits per heavy atom. The first-order valence-electron chi connectivity index (χ1n) is 4.51. The predicted octanol–water partition coefficient (Wildman–Crippen LogP) is 1.18. The van der Waals surface area contributed by atoms with Crippen LogP contribution in [-0.4, -0.2) is 17.2 Å². The summed E-state index contributed by atoms with van der Waals surface area (Å²) in [5.74, 6) is 0. The van der Waals surface area contributed by atoms with Gasteiger partial charge in [0.2, 0.25) is 0 Å². The summed E-state index contributed by atoms with van der Waals surface area (Å²) in [5.41, 5.74) is 4.17. The van der Waals surface area contributed by atoms with Gasteiger partial charge in [0, 0.05) is 7.05 Å². The lowest BCUT2D eigenvalue weighted by atomic mass is 10.0. The second-order valence-electron chi connectivity index (χ2n) is 3.59. The monoisotopic (exact) mass is 207 g/mol. The molecule has 0 aliphatic carbocycles. The number of hydrogen-bond acceptors (Lipinski definition) is 2. The van der Waals surface area contributed by atoms with Crippen LogP contribution in [0.4, 0.5) is 0 Å². The third-order valence-electron chi connectivity index (χ3n) is 2.40. The molecule has 14 heavy (non-hydrogen) atoms. The van der Waals surface area contributed by atoms with Crippen molar-refractivity contribution in [2.24, 2.45) is 0 Å². The fraction of sp³-hybridized carbons (Fsp3) is 0.300. The zero-order chi connectivity index (χ0) is 10.2. The van der Waals surface area contributed by atoms with Crippen molar-refractivity contribution in [1.82, 2.24) is 15.8 Å². The number of nitrogens with one attached hydrogen (secondary N) is 2. The number of thiocarbonyl (C=S) groups is 1. The average molecular weight is 207 g/mol. The summed E-state index contributed by atoms with van der Waals surface area (Å²) < 4.78 is 0. The molecule has 2 N–H and O–H groups in total. The van der Waals surface area contributed by atoms with Gasteiger partial charge in [-0.05, 0) is 24.7 Å². The molecule has 1 fully saturated rings. The molecule has 1 aromatic carbocycles. The molecule has 0 bridgehead atoms. The topological polar surface area (TPSA) is 27.3 Å². The molecular weight excluding hydrogens is 194 g/mol. The van der Waals surface area contributed by atoms with E-state index in [9.17, 15) is 0 Å². The van der Waals surface area contributed by atoms with E-state index in [0.717, 1.165) is 5.11 Å². The Morgan fingerprint density at radius 2 is 1.93 bits per heavy atom. The Balaban J connectivity index is 2.31. The molecule has 0 radical (unpaired) electrons. The normalized spacial score (nSPS) is 26.4. The lowest BCUT2D eigenvalue weighted by Crippen LogP contribution is -2.44. The highest BCUT2D eigenvalue weighted by molar-refractivity contribution is 7.80. The average Bonchev–Trinajstić information content (AvgIpc) is 2.44. The van der Waals surface area contributed by atoms with Gasteiger partial charge in [0.05, 0.1) is 0 Å². The summed E-state index contributed by atoms with van der Waals surface area (Å²) in [4.78, 5) is 0. The summed E-state index contributed by atoms with van der Waals surface area (Å²) in [6, 6.07) is 10.2. The Hall–Kier alpha value is -1.13. The molecule has 1 unspecified atom stereocenters. The Labute approximate surface area is 89.1 Å². The smallest absolute Gasteiger partial charge is 0.185 e. The van der Waals surface area contributed by atoms with E-state index in [-0.39, 0.29) is 5.66 Å². The first kappa shape index (κ1) is 9.43. The van der Waals surface area contributed by atoms with Crippen LogP contribution in [0.3, 0.4) is 0 Å². The molecule has 0 saturated carbocycles. The molecule has 1 heterocycles.